The van der Waals surface area contributed by atoms with E-state index in [0.29, 0.717) is 29.2 Å². The monoisotopic (exact) mass is 340 g/mol. The second-order valence-corrected chi connectivity index (χ2v) is 5.71. The van der Waals surface area contributed by atoms with Crippen molar-refractivity contribution in [2.24, 2.45) is 0 Å². The van der Waals surface area contributed by atoms with E-state index >= 15 is 0 Å². The third-order valence-electron chi connectivity index (χ3n) is 3.45. The van der Waals surface area contributed by atoms with Gasteiger partial charge in [-0.25, -0.2) is 4.39 Å². The lowest BCUT2D eigenvalue weighted by molar-refractivity contribution is 0.104. The zero-order valence-corrected chi connectivity index (χ0v) is 14.6. The summed E-state index contributed by atoms with van der Waals surface area (Å²) >= 11 is 0. The number of benzene rings is 2. The minimum absolute atomic E-state index is 0.196. The molecule has 25 heavy (non-hydrogen) atoms. The first-order valence-corrected chi connectivity index (χ1v) is 7.92. The normalized spacial score (nSPS) is 10.6. The van der Waals surface area contributed by atoms with Gasteiger partial charge in [-0.2, -0.15) is 0 Å². The lowest BCUT2D eigenvalue weighted by Gasteiger charge is -2.10. The SMILES string of the molecule is COc1cc(C(=O)/C=C/c2cccc(F)c2)ccc1OCC=C(C)C. The highest BCUT2D eigenvalue weighted by Crippen LogP contribution is 2.28. The summed E-state index contributed by atoms with van der Waals surface area (Å²) in [6, 6.07) is 11.1. The minimum atomic E-state index is -0.339. The topological polar surface area (TPSA) is 35.5 Å². The Balaban J connectivity index is 2.13. The molecule has 0 aliphatic heterocycles. The van der Waals surface area contributed by atoms with Crippen LogP contribution in [0.2, 0.25) is 0 Å². The average molecular weight is 340 g/mol. The molecular formula is C21H21FO3. The van der Waals surface area contributed by atoms with Crippen LogP contribution >= 0.6 is 0 Å². The fourth-order valence-electron chi connectivity index (χ4n) is 2.12. The number of allylic oxidation sites excluding steroid dienone is 2. The molecule has 0 spiro atoms. The van der Waals surface area contributed by atoms with Crippen molar-refractivity contribution in [2.75, 3.05) is 13.7 Å². The van der Waals surface area contributed by atoms with Gasteiger partial charge in [-0.1, -0.05) is 23.8 Å². The van der Waals surface area contributed by atoms with Crippen LogP contribution in [0.25, 0.3) is 6.08 Å². The summed E-state index contributed by atoms with van der Waals surface area (Å²) < 4.78 is 24.1. The maximum Gasteiger partial charge on any atom is 0.185 e. The number of ketones is 1. The first kappa shape index (κ1) is 18.5. The van der Waals surface area contributed by atoms with E-state index in [-0.39, 0.29) is 11.6 Å². The van der Waals surface area contributed by atoms with Crippen LogP contribution < -0.4 is 9.47 Å². The fraction of sp³-hybridized carbons (Fsp3) is 0.190. The molecule has 0 amide bonds. The molecule has 4 heteroatoms. The van der Waals surface area contributed by atoms with Gasteiger partial charge in [0.2, 0.25) is 0 Å². The number of hydrogen-bond acceptors (Lipinski definition) is 3. The molecule has 0 bridgehead atoms. The van der Waals surface area contributed by atoms with Crippen molar-refractivity contribution in [1.29, 1.82) is 0 Å². The Bertz CT molecular complexity index is 803. The van der Waals surface area contributed by atoms with E-state index in [9.17, 15) is 9.18 Å². The van der Waals surface area contributed by atoms with E-state index in [4.69, 9.17) is 9.47 Å². The maximum absolute atomic E-state index is 13.2. The Morgan fingerprint density at radius 2 is 1.92 bits per heavy atom. The van der Waals surface area contributed by atoms with Gasteiger partial charge in [0.25, 0.3) is 0 Å². The zero-order chi connectivity index (χ0) is 18.2. The lowest BCUT2D eigenvalue weighted by Crippen LogP contribution is -2.00. The molecule has 0 unspecified atom stereocenters. The molecule has 0 N–H and O–H groups in total. The zero-order valence-electron chi connectivity index (χ0n) is 14.6. The van der Waals surface area contributed by atoms with E-state index < -0.39 is 0 Å². The Morgan fingerprint density at radius 1 is 1.12 bits per heavy atom. The average Bonchev–Trinajstić information content (AvgIpc) is 2.59. The van der Waals surface area contributed by atoms with Crippen molar-refractivity contribution in [3.05, 3.63) is 77.1 Å². The largest absolute Gasteiger partial charge is 0.493 e. The van der Waals surface area contributed by atoms with E-state index in [1.807, 2.05) is 19.9 Å². The summed E-state index contributed by atoms with van der Waals surface area (Å²) in [7, 11) is 1.53. The number of methoxy groups -OCH3 is 1. The van der Waals surface area contributed by atoms with Crippen LogP contribution in [0.3, 0.4) is 0 Å². The Labute approximate surface area is 147 Å². The smallest absolute Gasteiger partial charge is 0.185 e. The van der Waals surface area contributed by atoms with Gasteiger partial charge >= 0.3 is 0 Å². The van der Waals surface area contributed by atoms with Gasteiger partial charge in [0.05, 0.1) is 7.11 Å². The van der Waals surface area contributed by atoms with Crippen LogP contribution in [0.1, 0.15) is 29.8 Å². The summed E-state index contributed by atoms with van der Waals surface area (Å²) in [5.41, 5.74) is 2.26. The van der Waals surface area contributed by atoms with E-state index in [1.54, 1.807) is 36.4 Å². The van der Waals surface area contributed by atoms with Crippen LogP contribution in [-0.4, -0.2) is 19.5 Å². The van der Waals surface area contributed by atoms with Gasteiger partial charge in [0.15, 0.2) is 17.3 Å². The Kier molecular flexibility index (Phi) is 6.52. The van der Waals surface area contributed by atoms with E-state index in [0.717, 1.165) is 5.57 Å². The van der Waals surface area contributed by atoms with Crippen molar-refractivity contribution < 1.29 is 18.7 Å². The molecule has 2 rings (SSSR count). The summed E-state index contributed by atoms with van der Waals surface area (Å²) in [5, 5.41) is 0. The van der Waals surface area contributed by atoms with Gasteiger partial charge in [-0.15, -0.1) is 0 Å². The van der Waals surface area contributed by atoms with Gasteiger partial charge in [0.1, 0.15) is 12.4 Å². The molecule has 0 heterocycles. The molecule has 0 aliphatic carbocycles. The number of halogens is 1. The predicted octanol–water partition coefficient (Wildman–Crippen LogP) is 5.08. The highest BCUT2D eigenvalue weighted by Gasteiger charge is 2.09. The second-order valence-electron chi connectivity index (χ2n) is 5.71. The molecule has 0 aliphatic rings. The number of carbonyl (C=O) groups excluding carboxylic acids is 1. The third kappa shape index (κ3) is 5.60. The molecule has 2 aromatic carbocycles. The molecule has 0 atom stereocenters. The minimum Gasteiger partial charge on any atom is -0.493 e. The summed E-state index contributed by atoms with van der Waals surface area (Å²) in [4.78, 5) is 12.3. The molecule has 0 fully saturated rings. The van der Waals surface area contributed by atoms with Gasteiger partial charge in [-0.3, -0.25) is 4.79 Å². The maximum atomic E-state index is 13.2. The number of rotatable bonds is 7. The number of hydrogen-bond donors (Lipinski definition) is 0. The molecule has 0 saturated heterocycles. The summed E-state index contributed by atoms with van der Waals surface area (Å²) in [6.07, 6.45) is 4.95. The van der Waals surface area contributed by atoms with Gasteiger partial charge in [-0.05, 0) is 61.9 Å². The van der Waals surface area contributed by atoms with Crippen LogP contribution in [-0.2, 0) is 0 Å². The molecule has 130 valence electrons. The third-order valence-corrected chi connectivity index (χ3v) is 3.45. The van der Waals surface area contributed by atoms with Crippen LogP contribution in [0, 0.1) is 5.82 Å². The van der Waals surface area contributed by atoms with E-state index in [1.165, 1.54) is 25.3 Å². The Morgan fingerprint density at radius 3 is 2.60 bits per heavy atom. The fourth-order valence-corrected chi connectivity index (χ4v) is 2.12. The van der Waals surface area contributed by atoms with E-state index in [2.05, 4.69) is 0 Å². The predicted molar refractivity (Wildman–Crippen MR) is 97.7 cm³/mol. The van der Waals surface area contributed by atoms with Crippen LogP contribution in [0.4, 0.5) is 4.39 Å². The van der Waals surface area contributed by atoms with Crippen molar-refractivity contribution in [1.82, 2.24) is 0 Å². The van der Waals surface area contributed by atoms with Crippen molar-refractivity contribution in [2.45, 2.75) is 13.8 Å². The molecule has 0 saturated carbocycles. The first-order valence-electron chi connectivity index (χ1n) is 7.92. The Hall–Kier alpha value is -2.88. The summed E-state index contributed by atoms with van der Waals surface area (Å²) in [5.74, 6) is 0.533. The van der Waals surface area contributed by atoms with Crippen molar-refractivity contribution in [3.63, 3.8) is 0 Å². The molecule has 3 nitrogen and oxygen atoms in total. The highest BCUT2D eigenvalue weighted by molar-refractivity contribution is 6.07. The summed E-state index contributed by atoms with van der Waals surface area (Å²) in [6.45, 7) is 4.42. The molecule has 2 aromatic rings. The van der Waals surface area contributed by atoms with Crippen LogP contribution in [0.5, 0.6) is 11.5 Å². The second kappa shape index (κ2) is 8.83. The van der Waals surface area contributed by atoms with Gasteiger partial charge < -0.3 is 9.47 Å². The number of carbonyl (C=O) groups is 1. The van der Waals surface area contributed by atoms with Crippen molar-refractivity contribution in [3.8, 4) is 11.5 Å². The molecule has 0 radical (unpaired) electrons. The van der Waals surface area contributed by atoms with Crippen LogP contribution in [0.15, 0.2) is 60.2 Å². The number of ether oxygens (including phenoxy) is 2. The lowest BCUT2D eigenvalue weighted by atomic mass is 10.1. The molecular weight excluding hydrogens is 319 g/mol. The quantitative estimate of drug-likeness (QED) is 0.401. The van der Waals surface area contributed by atoms with Gasteiger partial charge in [0, 0.05) is 5.56 Å². The first-order chi connectivity index (χ1) is 12.0. The van der Waals surface area contributed by atoms with Crippen molar-refractivity contribution >= 4 is 11.9 Å². The highest BCUT2D eigenvalue weighted by atomic mass is 19.1. The standard InChI is InChI=1S/C21H21FO3/c1-15(2)11-12-25-20-10-8-17(14-21(20)24-3)19(23)9-7-16-5-4-6-18(22)13-16/h4-11,13-14H,12H2,1-3H3/b9-7+. The molecule has 0 aromatic heterocycles.